The predicted molar refractivity (Wildman–Crippen MR) is 126 cm³/mol. The van der Waals surface area contributed by atoms with Crippen LogP contribution in [-0.2, 0) is 25.6 Å². The SMILES string of the molecule is CSCCC(NC(=O)C(Cc1ccc(O)cc1)NC(=O)C(CS)NC(=O)C(C)N)C(=O)O. The standard InChI is InChI=1S/C20H30N4O6S2/c1-11(21)17(26)24-16(10-31)19(28)23-15(9-12-3-5-13(25)6-4-12)18(27)22-14(20(29)30)7-8-32-2/h3-6,11,14-16,25,31H,7-10,21H2,1-2H3,(H,22,27)(H,23,28)(H,24,26)(H,29,30). The van der Waals surface area contributed by atoms with E-state index in [0.29, 0.717) is 11.3 Å². The van der Waals surface area contributed by atoms with E-state index in [1.807, 2.05) is 6.26 Å². The third-order valence-electron chi connectivity index (χ3n) is 4.46. The number of thiol groups is 1. The highest BCUT2D eigenvalue weighted by Gasteiger charge is 2.29. The van der Waals surface area contributed by atoms with Crippen molar-refractivity contribution >= 4 is 48.1 Å². The Bertz CT molecular complexity index is 791. The Hall–Kier alpha value is -2.44. The molecule has 12 heteroatoms. The maximum Gasteiger partial charge on any atom is 0.326 e. The fraction of sp³-hybridized carbons (Fsp3) is 0.500. The zero-order valence-corrected chi connectivity index (χ0v) is 19.6. The number of carbonyl (C=O) groups excluding carboxylic acids is 3. The van der Waals surface area contributed by atoms with Crippen molar-refractivity contribution in [1.82, 2.24) is 16.0 Å². The van der Waals surface area contributed by atoms with Crippen LogP contribution in [0.3, 0.4) is 0 Å². The molecule has 32 heavy (non-hydrogen) atoms. The number of aromatic hydroxyl groups is 1. The molecule has 3 amide bonds. The molecule has 7 N–H and O–H groups in total. The van der Waals surface area contributed by atoms with Gasteiger partial charge in [-0.15, -0.1) is 0 Å². The number of nitrogens with two attached hydrogens (primary N) is 1. The molecule has 4 unspecified atom stereocenters. The number of phenolic OH excluding ortho intramolecular Hbond substituents is 1. The summed E-state index contributed by atoms with van der Waals surface area (Å²) >= 11 is 5.52. The summed E-state index contributed by atoms with van der Waals surface area (Å²) in [5.41, 5.74) is 6.14. The maximum atomic E-state index is 12.9. The lowest BCUT2D eigenvalue weighted by atomic mass is 10.0. The first-order chi connectivity index (χ1) is 15.1. The number of amides is 3. The number of nitrogens with one attached hydrogen (secondary N) is 3. The fourth-order valence-corrected chi connectivity index (χ4v) is 3.34. The van der Waals surface area contributed by atoms with Crippen LogP contribution < -0.4 is 21.7 Å². The molecule has 0 heterocycles. The molecular weight excluding hydrogens is 456 g/mol. The van der Waals surface area contributed by atoms with Crippen LogP contribution in [-0.4, -0.2) is 75.8 Å². The molecule has 0 aliphatic heterocycles. The van der Waals surface area contributed by atoms with Crippen molar-refractivity contribution in [2.45, 2.75) is 43.9 Å². The van der Waals surface area contributed by atoms with E-state index in [4.69, 9.17) is 5.73 Å². The maximum absolute atomic E-state index is 12.9. The van der Waals surface area contributed by atoms with Gasteiger partial charge in [-0.25, -0.2) is 4.79 Å². The fourth-order valence-electron chi connectivity index (χ4n) is 2.61. The van der Waals surface area contributed by atoms with E-state index in [1.165, 1.54) is 30.8 Å². The predicted octanol–water partition coefficient (Wildman–Crippen LogP) is -0.496. The minimum absolute atomic E-state index is 0.0350. The van der Waals surface area contributed by atoms with Crippen LogP contribution in [0.4, 0.5) is 0 Å². The van der Waals surface area contributed by atoms with Crippen LogP contribution in [0, 0.1) is 0 Å². The summed E-state index contributed by atoms with van der Waals surface area (Å²) in [6.45, 7) is 1.46. The number of hydrogen-bond acceptors (Lipinski definition) is 8. The van der Waals surface area contributed by atoms with Gasteiger partial charge in [0.25, 0.3) is 0 Å². The van der Waals surface area contributed by atoms with Gasteiger partial charge in [-0.1, -0.05) is 12.1 Å². The second kappa shape index (κ2) is 13.9. The molecule has 0 aromatic heterocycles. The van der Waals surface area contributed by atoms with Crippen molar-refractivity contribution in [1.29, 1.82) is 0 Å². The first-order valence-electron chi connectivity index (χ1n) is 9.86. The Morgan fingerprint density at radius 1 is 1.00 bits per heavy atom. The number of aliphatic carboxylic acids is 1. The van der Waals surface area contributed by atoms with E-state index in [0.717, 1.165) is 0 Å². The summed E-state index contributed by atoms with van der Waals surface area (Å²) in [7, 11) is 0. The van der Waals surface area contributed by atoms with Crippen molar-refractivity contribution in [2.75, 3.05) is 17.8 Å². The normalized spacial score (nSPS) is 14.5. The van der Waals surface area contributed by atoms with Crippen LogP contribution in [0.2, 0.25) is 0 Å². The number of phenols is 1. The molecule has 1 rings (SSSR count). The molecule has 0 fully saturated rings. The van der Waals surface area contributed by atoms with Gasteiger partial charge in [0.2, 0.25) is 17.7 Å². The minimum Gasteiger partial charge on any atom is -0.508 e. The molecule has 0 aliphatic rings. The summed E-state index contributed by atoms with van der Waals surface area (Å²) in [6.07, 6.45) is 2.07. The Balaban J connectivity index is 3.03. The van der Waals surface area contributed by atoms with Gasteiger partial charge < -0.3 is 31.9 Å². The van der Waals surface area contributed by atoms with E-state index >= 15 is 0 Å². The van der Waals surface area contributed by atoms with Gasteiger partial charge in [0.15, 0.2) is 0 Å². The molecule has 1 aromatic rings. The molecule has 0 aliphatic carbocycles. The Morgan fingerprint density at radius 3 is 2.03 bits per heavy atom. The molecule has 0 radical (unpaired) electrons. The van der Waals surface area contributed by atoms with E-state index in [2.05, 4.69) is 28.6 Å². The molecule has 10 nitrogen and oxygen atoms in total. The van der Waals surface area contributed by atoms with E-state index in [-0.39, 0.29) is 24.3 Å². The van der Waals surface area contributed by atoms with Gasteiger partial charge in [-0.3, -0.25) is 14.4 Å². The number of carbonyl (C=O) groups is 4. The number of carboxylic acids is 1. The van der Waals surface area contributed by atoms with Crippen LogP contribution in [0.15, 0.2) is 24.3 Å². The topological polar surface area (TPSA) is 171 Å². The lowest BCUT2D eigenvalue weighted by Gasteiger charge is -2.24. The van der Waals surface area contributed by atoms with Crippen molar-refractivity contribution in [3.05, 3.63) is 29.8 Å². The summed E-state index contributed by atoms with van der Waals surface area (Å²) in [5.74, 6) is -2.56. The van der Waals surface area contributed by atoms with Gasteiger partial charge in [0, 0.05) is 12.2 Å². The molecule has 0 saturated heterocycles. The lowest BCUT2D eigenvalue weighted by molar-refractivity contribution is -0.142. The highest BCUT2D eigenvalue weighted by Crippen LogP contribution is 2.12. The highest BCUT2D eigenvalue weighted by molar-refractivity contribution is 7.98. The molecular formula is C20H30N4O6S2. The average molecular weight is 487 g/mol. The summed E-state index contributed by atoms with van der Waals surface area (Å²) in [5, 5.41) is 26.3. The summed E-state index contributed by atoms with van der Waals surface area (Å²) in [4.78, 5) is 49.0. The lowest BCUT2D eigenvalue weighted by Crippen LogP contribution is -2.58. The molecule has 0 spiro atoms. The van der Waals surface area contributed by atoms with Gasteiger partial charge in [-0.2, -0.15) is 24.4 Å². The first kappa shape index (κ1) is 27.6. The van der Waals surface area contributed by atoms with Crippen LogP contribution >= 0.6 is 24.4 Å². The number of carboxylic acid groups (broad SMARTS) is 1. The Morgan fingerprint density at radius 2 is 1.53 bits per heavy atom. The number of thioether (sulfide) groups is 1. The first-order valence-corrected chi connectivity index (χ1v) is 11.9. The second-order valence-corrected chi connectivity index (χ2v) is 8.50. The van der Waals surface area contributed by atoms with Crippen molar-refractivity contribution in [2.24, 2.45) is 5.73 Å². The highest BCUT2D eigenvalue weighted by atomic mass is 32.2. The van der Waals surface area contributed by atoms with Gasteiger partial charge >= 0.3 is 5.97 Å². The van der Waals surface area contributed by atoms with Gasteiger partial charge in [0.05, 0.1) is 6.04 Å². The van der Waals surface area contributed by atoms with Crippen molar-refractivity contribution in [3.8, 4) is 5.75 Å². The molecule has 178 valence electrons. The van der Waals surface area contributed by atoms with Crippen molar-refractivity contribution in [3.63, 3.8) is 0 Å². The number of rotatable bonds is 13. The molecule has 1 aromatic carbocycles. The van der Waals surface area contributed by atoms with Gasteiger partial charge in [0.1, 0.15) is 23.9 Å². The van der Waals surface area contributed by atoms with Crippen LogP contribution in [0.25, 0.3) is 0 Å². The van der Waals surface area contributed by atoms with E-state index < -0.39 is 47.9 Å². The molecule has 0 saturated carbocycles. The quantitative estimate of drug-likeness (QED) is 0.183. The largest absolute Gasteiger partial charge is 0.508 e. The van der Waals surface area contributed by atoms with Crippen LogP contribution in [0.5, 0.6) is 5.75 Å². The monoisotopic (exact) mass is 486 g/mol. The van der Waals surface area contributed by atoms with Gasteiger partial charge in [-0.05, 0) is 43.0 Å². The Labute approximate surface area is 196 Å². The molecule has 4 atom stereocenters. The van der Waals surface area contributed by atoms with Crippen LogP contribution in [0.1, 0.15) is 18.9 Å². The molecule has 0 bridgehead atoms. The second-order valence-electron chi connectivity index (χ2n) is 7.15. The zero-order chi connectivity index (χ0) is 24.3. The van der Waals surface area contributed by atoms with E-state index in [9.17, 15) is 29.4 Å². The third kappa shape index (κ3) is 9.37. The zero-order valence-electron chi connectivity index (χ0n) is 17.9. The average Bonchev–Trinajstić information content (AvgIpc) is 2.75. The smallest absolute Gasteiger partial charge is 0.326 e. The minimum atomic E-state index is -1.18. The number of hydrogen-bond donors (Lipinski definition) is 7. The summed E-state index contributed by atoms with van der Waals surface area (Å²) < 4.78 is 0. The third-order valence-corrected chi connectivity index (χ3v) is 5.47. The Kier molecular flexibility index (Phi) is 12.0. The van der Waals surface area contributed by atoms with Crippen molar-refractivity contribution < 1.29 is 29.4 Å². The number of benzene rings is 1. The van der Waals surface area contributed by atoms with E-state index in [1.54, 1.807) is 12.1 Å². The summed E-state index contributed by atoms with van der Waals surface area (Å²) in [6, 6.07) is 1.91.